The summed E-state index contributed by atoms with van der Waals surface area (Å²) < 4.78 is 0. The van der Waals surface area contributed by atoms with Gasteiger partial charge in [-0.05, 0) is 43.9 Å². The number of unbranched alkanes of at least 4 members (excludes halogenated alkanes) is 3. The van der Waals surface area contributed by atoms with E-state index in [0.29, 0.717) is 6.42 Å². The van der Waals surface area contributed by atoms with E-state index < -0.39 is 0 Å². The molecule has 0 bridgehead atoms. The van der Waals surface area contributed by atoms with E-state index in [4.69, 9.17) is 0 Å². The summed E-state index contributed by atoms with van der Waals surface area (Å²) in [5, 5.41) is 7.06. The lowest BCUT2D eigenvalue weighted by Gasteiger charge is -2.06. The number of benzene rings is 1. The number of anilines is 1. The summed E-state index contributed by atoms with van der Waals surface area (Å²) in [6.07, 6.45) is 6.82. The Morgan fingerprint density at radius 1 is 1.12 bits per heavy atom. The molecule has 0 unspecified atom stereocenters. The zero-order valence-corrected chi connectivity index (χ0v) is 14.6. The highest BCUT2D eigenvalue weighted by Crippen LogP contribution is 2.30. The SMILES string of the molecule is CCCCCCC(=O)N/N=C(/C)c1ccc(NC(=O)C2CC2)cc1. The van der Waals surface area contributed by atoms with Crippen LogP contribution < -0.4 is 10.7 Å². The summed E-state index contributed by atoms with van der Waals surface area (Å²) in [6, 6.07) is 7.52. The van der Waals surface area contributed by atoms with Crippen molar-refractivity contribution in [3.63, 3.8) is 0 Å². The molecular formula is C19H27N3O2. The van der Waals surface area contributed by atoms with Crippen LogP contribution in [0.2, 0.25) is 0 Å². The molecule has 24 heavy (non-hydrogen) atoms. The molecule has 1 aromatic rings. The molecule has 0 saturated heterocycles. The van der Waals surface area contributed by atoms with E-state index in [2.05, 4.69) is 22.8 Å². The molecular weight excluding hydrogens is 302 g/mol. The van der Waals surface area contributed by atoms with Gasteiger partial charge in [-0.25, -0.2) is 5.43 Å². The van der Waals surface area contributed by atoms with Gasteiger partial charge in [-0.15, -0.1) is 0 Å². The van der Waals surface area contributed by atoms with Crippen LogP contribution in [0.5, 0.6) is 0 Å². The highest BCUT2D eigenvalue weighted by molar-refractivity contribution is 6.00. The molecule has 130 valence electrons. The second-order valence-electron chi connectivity index (χ2n) is 6.38. The highest BCUT2D eigenvalue weighted by Gasteiger charge is 2.29. The van der Waals surface area contributed by atoms with Gasteiger partial charge in [0.25, 0.3) is 0 Å². The minimum absolute atomic E-state index is 0.0428. The number of hydrazone groups is 1. The van der Waals surface area contributed by atoms with E-state index in [1.165, 1.54) is 6.42 Å². The van der Waals surface area contributed by atoms with E-state index in [1.807, 2.05) is 31.2 Å². The molecule has 1 aliphatic carbocycles. The minimum Gasteiger partial charge on any atom is -0.326 e. The number of carbonyl (C=O) groups is 2. The summed E-state index contributed by atoms with van der Waals surface area (Å²) in [7, 11) is 0. The number of rotatable bonds is 9. The van der Waals surface area contributed by atoms with Gasteiger partial charge in [0.05, 0.1) is 5.71 Å². The number of amides is 2. The molecule has 5 heteroatoms. The van der Waals surface area contributed by atoms with Crippen molar-refractivity contribution in [3.05, 3.63) is 29.8 Å². The largest absolute Gasteiger partial charge is 0.326 e. The van der Waals surface area contributed by atoms with E-state index in [-0.39, 0.29) is 17.7 Å². The van der Waals surface area contributed by atoms with Crippen LogP contribution in [0.15, 0.2) is 29.4 Å². The molecule has 0 atom stereocenters. The second kappa shape index (κ2) is 9.21. The minimum atomic E-state index is -0.0428. The van der Waals surface area contributed by atoms with Gasteiger partial charge in [0, 0.05) is 18.0 Å². The second-order valence-corrected chi connectivity index (χ2v) is 6.38. The van der Waals surface area contributed by atoms with Crippen LogP contribution in [0.1, 0.15) is 64.4 Å². The zero-order valence-electron chi connectivity index (χ0n) is 14.6. The van der Waals surface area contributed by atoms with Gasteiger partial charge >= 0.3 is 0 Å². The number of nitrogens with zero attached hydrogens (tertiary/aromatic N) is 1. The van der Waals surface area contributed by atoms with Crippen LogP contribution in [0.25, 0.3) is 0 Å². The Bertz CT molecular complexity index is 589. The van der Waals surface area contributed by atoms with Crippen molar-refractivity contribution in [2.24, 2.45) is 11.0 Å². The molecule has 1 saturated carbocycles. The molecule has 2 N–H and O–H groups in total. The molecule has 0 spiro atoms. The Morgan fingerprint density at radius 3 is 2.46 bits per heavy atom. The van der Waals surface area contributed by atoms with Crippen LogP contribution in [0.4, 0.5) is 5.69 Å². The third-order valence-corrected chi connectivity index (χ3v) is 4.12. The van der Waals surface area contributed by atoms with Crippen molar-refractivity contribution in [1.29, 1.82) is 0 Å². The van der Waals surface area contributed by atoms with Gasteiger partial charge < -0.3 is 5.32 Å². The summed E-state index contributed by atoms with van der Waals surface area (Å²) >= 11 is 0. The topological polar surface area (TPSA) is 70.6 Å². The molecule has 5 nitrogen and oxygen atoms in total. The van der Waals surface area contributed by atoms with Crippen molar-refractivity contribution < 1.29 is 9.59 Å². The zero-order chi connectivity index (χ0) is 17.4. The quantitative estimate of drug-likeness (QED) is 0.410. The molecule has 1 aromatic carbocycles. The normalized spacial score (nSPS) is 14.3. The molecule has 2 rings (SSSR count). The summed E-state index contributed by atoms with van der Waals surface area (Å²) in [6.45, 7) is 4.01. The third-order valence-electron chi connectivity index (χ3n) is 4.12. The number of carbonyl (C=O) groups excluding carboxylic acids is 2. The number of nitrogens with one attached hydrogen (secondary N) is 2. The monoisotopic (exact) mass is 329 g/mol. The van der Waals surface area contributed by atoms with E-state index in [1.54, 1.807) is 0 Å². The lowest BCUT2D eigenvalue weighted by molar-refractivity contribution is -0.121. The van der Waals surface area contributed by atoms with Crippen molar-refractivity contribution >= 4 is 23.2 Å². The predicted molar refractivity (Wildman–Crippen MR) is 96.9 cm³/mol. The van der Waals surface area contributed by atoms with E-state index in [9.17, 15) is 9.59 Å². The Kier molecular flexibility index (Phi) is 6.97. The first-order valence-corrected chi connectivity index (χ1v) is 8.84. The summed E-state index contributed by atoms with van der Waals surface area (Å²) in [5.74, 6) is 0.253. The first kappa shape index (κ1) is 18.2. The average Bonchev–Trinajstić information content (AvgIpc) is 3.42. The Morgan fingerprint density at radius 2 is 1.83 bits per heavy atom. The fourth-order valence-corrected chi connectivity index (χ4v) is 2.36. The van der Waals surface area contributed by atoms with Crippen LogP contribution in [-0.4, -0.2) is 17.5 Å². The maximum atomic E-state index is 11.7. The highest BCUT2D eigenvalue weighted by atomic mass is 16.2. The van der Waals surface area contributed by atoms with Crippen LogP contribution in [0, 0.1) is 5.92 Å². The van der Waals surface area contributed by atoms with Crippen LogP contribution in [-0.2, 0) is 9.59 Å². The smallest absolute Gasteiger partial charge is 0.240 e. The van der Waals surface area contributed by atoms with Crippen molar-refractivity contribution in [2.45, 2.75) is 58.8 Å². The van der Waals surface area contributed by atoms with Gasteiger partial charge in [-0.3, -0.25) is 9.59 Å². The van der Waals surface area contributed by atoms with Crippen LogP contribution in [0.3, 0.4) is 0 Å². The molecule has 0 aliphatic heterocycles. The van der Waals surface area contributed by atoms with Crippen molar-refractivity contribution in [3.8, 4) is 0 Å². The van der Waals surface area contributed by atoms with Gasteiger partial charge in [0.1, 0.15) is 0 Å². The Hall–Kier alpha value is -2.17. The van der Waals surface area contributed by atoms with Crippen molar-refractivity contribution in [2.75, 3.05) is 5.32 Å². The van der Waals surface area contributed by atoms with Gasteiger partial charge in [0.2, 0.25) is 11.8 Å². The van der Waals surface area contributed by atoms with Crippen LogP contribution >= 0.6 is 0 Å². The first-order chi connectivity index (χ1) is 11.6. The fourth-order valence-electron chi connectivity index (χ4n) is 2.36. The fraction of sp³-hybridized carbons (Fsp3) is 0.526. The van der Waals surface area contributed by atoms with E-state index >= 15 is 0 Å². The maximum Gasteiger partial charge on any atom is 0.240 e. The van der Waals surface area contributed by atoms with Crippen molar-refractivity contribution in [1.82, 2.24) is 5.43 Å². The Balaban J connectivity index is 1.79. The van der Waals surface area contributed by atoms with E-state index in [0.717, 1.165) is 49.1 Å². The van der Waals surface area contributed by atoms with Gasteiger partial charge in [-0.1, -0.05) is 38.3 Å². The molecule has 0 heterocycles. The third kappa shape index (κ3) is 6.14. The lowest BCUT2D eigenvalue weighted by Crippen LogP contribution is -2.18. The molecule has 2 amide bonds. The summed E-state index contributed by atoms with van der Waals surface area (Å²) in [5.41, 5.74) is 5.07. The number of hydrogen-bond donors (Lipinski definition) is 2. The van der Waals surface area contributed by atoms with Gasteiger partial charge in [-0.2, -0.15) is 5.10 Å². The molecule has 1 fully saturated rings. The molecule has 0 aromatic heterocycles. The number of hydrogen-bond acceptors (Lipinski definition) is 3. The van der Waals surface area contributed by atoms with Gasteiger partial charge in [0.15, 0.2) is 0 Å². The maximum absolute atomic E-state index is 11.7. The Labute approximate surface area is 143 Å². The standard InChI is InChI=1S/C19H27N3O2/c1-3-4-5-6-7-18(23)22-21-14(2)15-10-12-17(13-11-15)20-19(24)16-8-9-16/h10-13,16H,3-9H2,1-2H3,(H,20,24)(H,22,23)/b21-14-. The first-order valence-electron chi connectivity index (χ1n) is 8.84. The molecule has 1 aliphatic rings. The average molecular weight is 329 g/mol. The summed E-state index contributed by atoms with van der Waals surface area (Å²) in [4.78, 5) is 23.4. The lowest BCUT2D eigenvalue weighted by atomic mass is 10.1. The predicted octanol–water partition coefficient (Wildman–Crippen LogP) is 3.85. The molecule has 0 radical (unpaired) electrons.